The lowest BCUT2D eigenvalue weighted by Gasteiger charge is -2.38. The van der Waals surface area contributed by atoms with Crippen LogP contribution < -0.4 is 4.90 Å². The number of hydrogen-bond acceptors (Lipinski definition) is 3. The maximum Gasteiger partial charge on any atom is 0.131 e. The Labute approximate surface area is 108 Å². The van der Waals surface area contributed by atoms with Gasteiger partial charge in [0.15, 0.2) is 0 Å². The summed E-state index contributed by atoms with van der Waals surface area (Å²) >= 11 is 5.92. The maximum absolute atomic E-state index is 5.92. The lowest BCUT2D eigenvalue weighted by atomic mass is 10.2. The highest BCUT2D eigenvalue weighted by atomic mass is 35.5. The van der Waals surface area contributed by atoms with E-state index in [1.54, 1.807) is 6.20 Å². The second-order valence-electron chi connectivity index (χ2n) is 4.62. The first-order valence-corrected chi connectivity index (χ1v) is 6.69. The van der Waals surface area contributed by atoms with Gasteiger partial charge in [0.05, 0.1) is 0 Å². The van der Waals surface area contributed by atoms with Crippen molar-refractivity contribution in [1.82, 2.24) is 9.88 Å². The summed E-state index contributed by atoms with van der Waals surface area (Å²) in [6, 6.07) is 4.67. The molecule has 1 unspecified atom stereocenters. The predicted molar refractivity (Wildman–Crippen MR) is 72.8 cm³/mol. The lowest BCUT2D eigenvalue weighted by Crippen LogP contribution is -2.49. The normalized spacial score (nSPS) is 19.4. The van der Waals surface area contributed by atoms with E-state index in [1.807, 2.05) is 12.1 Å². The highest BCUT2D eigenvalue weighted by Crippen LogP contribution is 2.19. The van der Waals surface area contributed by atoms with Gasteiger partial charge in [-0.05, 0) is 25.5 Å². The van der Waals surface area contributed by atoms with Gasteiger partial charge in [0.2, 0.25) is 0 Å². The summed E-state index contributed by atoms with van der Waals surface area (Å²) in [6.45, 7) is 8.97. The summed E-state index contributed by atoms with van der Waals surface area (Å²) in [5, 5.41) is 0.576. The lowest BCUT2D eigenvalue weighted by molar-refractivity contribution is 0.193. The highest BCUT2D eigenvalue weighted by Gasteiger charge is 2.20. The van der Waals surface area contributed by atoms with Crippen molar-refractivity contribution in [1.29, 1.82) is 0 Å². The summed E-state index contributed by atoms with van der Waals surface area (Å²) in [7, 11) is 0. The Kier molecular flexibility index (Phi) is 4.24. The molecule has 0 aromatic carbocycles. The van der Waals surface area contributed by atoms with Gasteiger partial charge >= 0.3 is 0 Å². The molecule has 2 heterocycles. The van der Waals surface area contributed by atoms with Gasteiger partial charge in [0, 0.05) is 44.1 Å². The van der Waals surface area contributed by atoms with Crippen molar-refractivity contribution in [2.45, 2.75) is 26.3 Å². The van der Waals surface area contributed by atoms with Crippen molar-refractivity contribution in [2.75, 3.05) is 31.1 Å². The first kappa shape index (κ1) is 12.7. The molecule has 94 valence electrons. The molecule has 1 aliphatic heterocycles. The van der Waals surface area contributed by atoms with Gasteiger partial charge in [-0.25, -0.2) is 4.98 Å². The second kappa shape index (κ2) is 5.69. The molecule has 17 heavy (non-hydrogen) atoms. The van der Waals surface area contributed by atoms with Crippen molar-refractivity contribution in [3.63, 3.8) is 0 Å². The Hall–Kier alpha value is -0.800. The molecule has 0 saturated carbocycles. The number of hydrogen-bond donors (Lipinski definition) is 0. The molecule has 0 aliphatic carbocycles. The molecule has 0 N–H and O–H groups in total. The fraction of sp³-hybridized carbons (Fsp3) is 0.615. The molecule has 1 fully saturated rings. The molecule has 0 bridgehead atoms. The van der Waals surface area contributed by atoms with E-state index in [0.29, 0.717) is 11.2 Å². The monoisotopic (exact) mass is 253 g/mol. The summed E-state index contributed by atoms with van der Waals surface area (Å²) in [5.41, 5.74) is 1.19. The van der Waals surface area contributed by atoms with Crippen LogP contribution in [0.15, 0.2) is 18.3 Å². The largest absolute Gasteiger partial charge is 0.369 e. The fourth-order valence-corrected chi connectivity index (χ4v) is 2.44. The van der Waals surface area contributed by atoms with Crippen molar-refractivity contribution in [2.24, 2.45) is 0 Å². The summed E-state index contributed by atoms with van der Waals surface area (Å²) in [6.07, 6.45) is 3.00. The zero-order valence-electron chi connectivity index (χ0n) is 10.6. The quantitative estimate of drug-likeness (QED) is 0.772. The van der Waals surface area contributed by atoms with E-state index in [4.69, 9.17) is 11.6 Å². The van der Waals surface area contributed by atoms with Crippen LogP contribution in [0, 0.1) is 0 Å². The number of nitrogens with zero attached hydrogens (tertiary/aromatic N) is 3. The van der Waals surface area contributed by atoms with Crippen LogP contribution in [0.4, 0.5) is 5.69 Å². The van der Waals surface area contributed by atoms with Crippen LogP contribution in [0.1, 0.15) is 20.3 Å². The van der Waals surface area contributed by atoms with E-state index in [9.17, 15) is 0 Å². The number of halogens is 1. The third kappa shape index (κ3) is 3.11. The van der Waals surface area contributed by atoms with Crippen molar-refractivity contribution >= 4 is 17.3 Å². The van der Waals surface area contributed by atoms with E-state index in [2.05, 4.69) is 28.6 Å². The molecule has 0 amide bonds. The SMILES string of the molecule is CCC(C)N1CCN(c2ccnc(Cl)c2)CC1. The van der Waals surface area contributed by atoms with Crippen LogP contribution in [0.3, 0.4) is 0 Å². The van der Waals surface area contributed by atoms with Gasteiger partial charge in [0.1, 0.15) is 5.15 Å². The minimum Gasteiger partial charge on any atom is -0.369 e. The average molecular weight is 254 g/mol. The second-order valence-corrected chi connectivity index (χ2v) is 5.00. The van der Waals surface area contributed by atoms with Gasteiger partial charge in [-0.15, -0.1) is 0 Å². The van der Waals surface area contributed by atoms with Crippen LogP contribution in [-0.4, -0.2) is 42.1 Å². The topological polar surface area (TPSA) is 19.4 Å². The molecule has 1 atom stereocenters. The van der Waals surface area contributed by atoms with Crippen LogP contribution in [-0.2, 0) is 0 Å². The number of aromatic nitrogens is 1. The first-order valence-electron chi connectivity index (χ1n) is 6.31. The Morgan fingerprint density at radius 3 is 2.65 bits per heavy atom. The molecule has 0 radical (unpaired) electrons. The number of piperazine rings is 1. The van der Waals surface area contributed by atoms with Crippen LogP contribution >= 0.6 is 11.6 Å². The van der Waals surface area contributed by atoms with Crippen LogP contribution in [0.5, 0.6) is 0 Å². The number of rotatable bonds is 3. The molecule has 1 aromatic rings. The van der Waals surface area contributed by atoms with Crippen molar-refractivity contribution in [3.05, 3.63) is 23.5 Å². The van der Waals surface area contributed by atoms with E-state index in [1.165, 1.54) is 12.1 Å². The average Bonchev–Trinajstić information content (AvgIpc) is 2.38. The molecule has 0 spiro atoms. The molecule has 3 nitrogen and oxygen atoms in total. The fourth-order valence-electron chi connectivity index (χ4n) is 2.27. The van der Waals surface area contributed by atoms with Crippen LogP contribution in [0.2, 0.25) is 5.15 Å². The van der Waals surface area contributed by atoms with Gasteiger partial charge in [-0.3, -0.25) is 4.90 Å². The summed E-state index contributed by atoms with van der Waals surface area (Å²) in [5.74, 6) is 0. The van der Waals surface area contributed by atoms with Gasteiger partial charge in [0.25, 0.3) is 0 Å². The third-order valence-corrected chi connectivity index (χ3v) is 3.81. The van der Waals surface area contributed by atoms with Crippen molar-refractivity contribution < 1.29 is 0 Å². The molecule has 1 saturated heterocycles. The summed E-state index contributed by atoms with van der Waals surface area (Å²) in [4.78, 5) is 8.96. The van der Waals surface area contributed by atoms with E-state index >= 15 is 0 Å². The highest BCUT2D eigenvalue weighted by molar-refractivity contribution is 6.29. The Balaban J connectivity index is 1.95. The van der Waals surface area contributed by atoms with E-state index in [0.717, 1.165) is 26.2 Å². The standard InChI is InChI=1S/C13H20ClN3/c1-3-11(2)16-6-8-17(9-7-16)12-4-5-15-13(14)10-12/h4-5,10-11H,3,6-9H2,1-2H3. The molecule has 1 aromatic heterocycles. The molecule has 4 heteroatoms. The molecule has 2 rings (SSSR count). The van der Waals surface area contributed by atoms with Crippen LogP contribution in [0.25, 0.3) is 0 Å². The Morgan fingerprint density at radius 1 is 1.35 bits per heavy atom. The van der Waals surface area contributed by atoms with E-state index in [-0.39, 0.29) is 0 Å². The van der Waals surface area contributed by atoms with Crippen molar-refractivity contribution in [3.8, 4) is 0 Å². The predicted octanol–water partition coefficient (Wildman–Crippen LogP) is 2.66. The van der Waals surface area contributed by atoms with Gasteiger partial charge < -0.3 is 4.90 Å². The first-order chi connectivity index (χ1) is 8.20. The third-order valence-electron chi connectivity index (χ3n) is 3.60. The summed E-state index contributed by atoms with van der Waals surface area (Å²) < 4.78 is 0. The van der Waals surface area contributed by atoms with Gasteiger partial charge in [-0.1, -0.05) is 18.5 Å². The smallest absolute Gasteiger partial charge is 0.131 e. The minimum absolute atomic E-state index is 0.576. The molecular weight excluding hydrogens is 234 g/mol. The zero-order valence-corrected chi connectivity index (χ0v) is 11.3. The maximum atomic E-state index is 5.92. The Morgan fingerprint density at radius 2 is 2.06 bits per heavy atom. The van der Waals surface area contributed by atoms with Gasteiger partial charge in [-0.2, -0.15) is 0 Å². The number of pyridine rings is 1. The zero-order chi connectivity index (χ0) is 12.3. The number of anilines is 1. The Bertz CT molecular complexity index is 361. The molecule has 1 aliphatic rings. The minimum atomic E-state index is 0.576. The van der Waals surface area contributed by atoms with E-state index < -0.39 is 0 Å². The molecular formula is C13H20ClN3.